The Kier molecular flexibility index (Phi) is 9.47. The largest absolute Gasteiger partial charge is 0.444 e. The lowest BCUT2D eigenvalue weighted by Crippen LogP contribution is -2.56. The van der Waals surface area contributed by atoms with Crippen molar-refractivity contribution in [1.82, 2.24) is 14.9 Å². The summed E-state index contributed by atoms with van der Waals surface area (Å²) in [5, 5.41) is 15.2. The Hall–Kier alpha value is -3.90. The summed E-state index contributed by atoms with van der Waals surface area (Å²) in [5.74, 6) is 0.864. The quantitative estimate of drug-likeness (QED) is 0.155. The lowest BCUT2D eigenvalue weighted by molar-refractivity contribution is 0.0209. The summed E-state index contributed by atoms with van der Waals surface area (Å²) in [6.45, 7) is 14.2. The molecule has 2 amide bonds. The van der Waals surface area contributed by atoms with Crippen molar-refractivity contribution in [2.45, 2.75) is 103 Å². The number of nitrogens with zero attached hydrogens (tertiary/aromatic N) is 5. The van der Waals surface area contributed by atoms with Gasteiger partial charge in [-0.3, -0.25) is 5.32 Å². The van der Waals surface area contributed by atoms with Crippen molar-refractivity contribution in [2.75, 3.05) is 29.1 Å². The third-order valence-corrected chi connectivity index (χ3v) is 11.4. The second-order valence-electron chi connectivity index (χ2n) is 15.1. The summed E-state index contributed by atoms with van der Waals surface area (Å²) < 4.78 is 34.2. The summed E-state index contributed by atoms with van der Waals surface area (Å²) in [5.41, 5.74) is 1.26. The van der Waals surface area contributed by atoms with Crippen LogP contribution in [0.1, 0.15) is 78.0 Å². The first kappa shape index (κ1) is 36.5. The third kappa shape index (κ3) is 6.61. The zero-order valence-electron chi connectivity index (χ0n) is 30.1. The monoisotopic (exact) mass is 766 g/mol. The molecule has 2 atom stereocenters. The second kappa shape index (κ2) is 13.5. The average molecular weight is 767 g/mol. The van der Waals surface area contributed by atoms with Gasteiger partial charge >= 0.3 is 12.2 Å². The molecule has 2 fully saturated rings. The molecule has 0 saturated carbocycles. The van der Waals surface area contributed by atoms with Crippen LogP contribution >= 0.6 is 34.7 Å². The number of amides is 2. The number of carbonyl (C=O) groups is 2. The van der Waals surface area contributed by atoms with Gasteiger partial charge in [-0.25, -0.2) is 23.9 Å². The number of benzene rings is 2. The number of piperazine rings is 1. The van der Waals surface area contributed by atoms with Crippen molar-refractivity contribution < 1.29 is 28.2 Å². The van der Waals surface area contributed by atoms with Crippen molar-refractivity contribution in [2.24, 2.45) is 0 Å². The molecule has 2 aromatic heterocycles. The van der Waals surface area contributed by atoms with E-state index in [0.29, 0.717) is 50.7 Å². The van der Waals surface area contributed by atoms with Gasteiger partial charge in [0.1, 0.15) is 33.9 Å². The van der Waals surface area contributed by atoms with Gasteiger partial charge < -0.3 is 24.0 Å². The maximum atomic E-state index is 16.3. The zero-order chi connectivity index (χ0) is 37.3. The number of thioether (sulfide) groups is 1. The molecule has 1 N–H and O–H groups in total. The van der Waals surface area contributed by atoms with Gasteiger partial charge in [0.05, 0.1) is 34.7 Å². The van der Waals surface area contributed by atoms with Crippen molar-refractivity contribution in [3.63, 3.8) is 0 Å². The first-order chi connectivity index (χ1) is 24.6. The number of ether oxygens (including phenoxy) is 3. The van der Waals surface area contributed by atoms with Crippen LogP contribution in [0.2, 0.25) is 5.02 Å². The Morgan fingerprint density at radius 1 is 1.06 bits per heavy atom. The maximum absolute atomic E-state index is 16.3. The smallest absolute Gasteiger partial charge is 0.412 e. The molecular formula is C37H40ClFN6O5S2. The number of carbonyl (C=O) groups excluding carboxylic acids is 2. The molecule has 52 heavy (non-hydrogen) atoms. The molecule has 3 aliphatic heterocycles. The zero-order valence-corrected chi connectivity index (χ0v) is 32.5. The van der Waals surface area contributed by atoms with Crippen LogP contribution < -0.4 is 10.2 Å². The molecule has 4 aromatic rings. The number of nitrogens with one attached hydrogen (secondary N) is 1. The minimum Gasteiger partial charge on any atom is -0.444 e. The Morgan fingerprint density at radius 2 is 1.73 bits per heavy atom. The van der Waals surface area contributed by atoms with Gasteiger partial charge in [0.15, 0.2) is 5.16 Å². The molecule has 15 heteroatoms. The lowest BCUT2D eigenvalue weighted by atomic mass is 9.90. The molecule has 0 spiro atoms. The standard InChI is InChI=1S/C37H40ClFN6O5S2/c1-8-51-33-41-30-27(31(42-33)45-18-9-10-19(45)15-44(14-18)35(47)50-37(5,6)7)22-17-48-16-21(22)26(29(30)38)28-23(39)11-12-24-25(28)20(13-40)32(52-24)43-34(46)49-36(2,3)4/h11-12,18-19H,8-10,14-17H2,1-7H3,(H,43,46). The van der Waals surface area contributed by atoms with Crippen molar-refractivity contribution in [1.29, 1.82) is 5.26 Å². The fraction of sp³-hybridized carbons (Fsp3) is 0.486. The van der Waals surface area contributed by atoms with Crippen LogP contribution in [-0.4, -0.2) is 69.2 Å². The van der Waals surface area contributed by atoms with E-state index in [-0.39, 0.29) is 52.5 Å². The summed E-state index contributed by atoms with van der Waals surface area (Å²) in [6, 6.07) is 5.12. The van der Waals surface area contributed by atoms with Crippen molar-refractivity contribution in [3.8, 4) is 17.2 Å². The van der Waals surface area contributed by atoms with E-state index in [1.807, 2.05) is 27.7 Å². The van der Waals surface area contributed by atoms with E-state index in [4.69, 9.17) is 35.8 Å². The molecule has 0 radical (unpaired) electrons. The molecule has 0 aliphatic carbocycles. The van der Waals surface area contributed by atoms with E-state index in [9.17, 15) is 14.9 Å². The number of hydrogen-bond donors (Lipinski definition) is 1. The van der Waals surface area contributed by atoms with Crippen LogP contribution in [0.3, 0.4) is 0 Å². The Labute approximate surface area is 314 Å². The number of halogens is 2. The summed E-state index contributed by atoms with van der Waals surface area (Å²) >= 11 is 10.0. The van der Waals surface area contributed by atoms with Gasteiger partial charge in [0, 0.05) is 46.4 Å². The predicted octanol–water partition coefficient (Wildman–Crippen LogP) is 9.25. The second-order valence-corrected chi connectivity index (χ2v) is 17.8. The SMILES string of the molecule is CCSc1nc(N2C3CCC2CN(C(=O)OC(C)(C)C)C3)c2c3c(c(-c4c(F)ccc5sc(NC(=O)OC(C)(C)C)c(C#N)c45)c(Cl)c2n1)COC3. The van der Waals surface area contributed by atoms with Gasteiger partial charge in [0.25, 0.3) is 0 Å². The highest BCUT2D eigenvalue weighted by Gasteiger charge is 2.45. The van der Waals surface area contributed by atoms with E-state index in [1.54, 1.807) is 31.7 Å². The molecule has 5 heterocycles. The molecule has 2 saturated heterocycles. The van der Waals surface area contributed by atoms with E-state index in [0.717, 1.165) is 40.9 Å². The highest BCUT2D eigenvalue weighted by atomic mass is 35.5. The number of thiophene rings is 1. The Bertz CT molecular complexity index is 2160. The third-order valence-electron chi connectivity index (χ3n) is 9.19. The Morgan fingerprint density at radius 3 is 2.37 bits per heavy atom. The number of fused-ring (bicyclic) bond motifs is 6. The summed E-state index contributed by atoms with van der Waals surface area (Å²) in [6.07, 6.45) is 0.699. The van der Waals surface area contributed by atoms with Gasteiger partial charge in [0.2, 0.25) is 0 Å². The molecule has 274 valence electrons. The molecular weight excluding hydrogens is 727 g/mol. The van der Waals surface area contributed by atoms with Gasteiger partial charge in [-0.05, 0) is 83.4 Å². The fourth-order valence-corrected chi connectivity index (χ4v) is 9.32. The number of anilines is 2. The van der Waals surface area contributed by atoms with E-state index < -0.39 is 23.1 Å². The topological polar surface area (TPSA) is 130 Å². The highest BCUT2D eigenvalue weighted by molar-refractivity contribution is 7.99. The first-order valence-electron chi connectivity index (χ1n) is 17.3. The number of hydrogen-bond acceptors (Lipinski definition) is 11. The molecule has 7 rings (SSSR count). The number of aromatic nitrogens is 2. The molecule has 11 nitrogen and oxygen atoms in total. The maximum Gasteiger partial charge on any atom is 0.412 e. The van der Waals surface area contributed by atoms with Crippen molar-refractivity contribution in [3.05, 3.63) is 39.7 Å². The molecule has 3 aliphatic rings. The normalized spacial score (nSPS) is 18.5. The van der Waals surface area contributed by atoms with Crippen LogP contribution in [0.25, 0.3) is 32.1 Å². The van der Waals surface area contributed by atoms with E-state index in [1.165, 1.54) is 17.8 Å². The summed E-state index contributed by atoms with van der Waals surface area (Å²) in [4.78, 5) is 40.1. The van der Waals surface area contributed by atoms with Crippen LogP contribution in [0.15, 0.2) is 17.3 Å². The van der Waals surface area contributed by atoms with Gasteiger partial charge in [-0.15, -0.1) is 11.3 Å². The summed E-state index contributed by atoms with van der Waals surface area (Å²) in [7, 11) is 0. The van der Waals surface area contributed by atoms with Gasteiger partial charge in [-0.1, -0.05) is 30.3 Å². The van der Waals surface area contributed by atoms with Crippen LogP contribution in [-0.2, 0) is 27.4 Å². The van der Waals surface area contributed by atoms with Crippen LogP contribution in [0, 0.1) is 17.1 Å². The van der Waals surface area contributed by atoms with Gasteiger partial charge in [-0.2, -0.15) is 5.26 Å². The highest BCUT2D eigenvalue weighted by Crippen LogP contribution is 2.51. The molecule has 2 bridgehead atoms. The van der Waals surface area contributed by atoms with Crippen LogP contribution in [0.4, 0.5) is 24.8 Å². The lowest BCUT2D eigenvalue weighted by Gasteiger charge is -2.42. The fourth-order valence-electron chi connectivity index (χ4n) is 7.36. The van der Waals surface area contributed by atoms with E-state index in [2.05, 4.69) is 16.3 Å². The van der Waals surface area contributed by atoms with Crippen molar-refractivity contribution >= 4 is 78.7 Å². The van der Waals surface area contributed by atoms with E-state index >= 15 is 4.39 Å². The number of likely N-dealkylation sites (tertiary alicyclic amines) is 1. The predicted molar refractivity (Wildman–Crippen MR) is 202 cm³/mol. The molecule has 2 aromatic carbocycles. The minimum atomic E-state index is -0.759. The number of nitriles is 1. The average Bonchev–Trinajstić information content (AvgIpc) is 3.73. The Balaban J connectivity index is 1.40. The van der Waals surface area contributed by atoms with Crippen LogP contribution in [0.5, 0.6) is 0 Å². The first-order valence-corrected chi connectivity index (χ1v) is 19.4. The molecule has 2 unspecified atom stereocenters. The minimum absolute atomic E-state index is 0.00801. The number of rotatable bonds is 5.